The number of hydrogen-bond acceptors (Lipinski definition) is 2. The first kappa shape index (κ1) is 15.4. The Kier molecular flexibility index (Phi) is 4.89. The minimum atomic E-state index is 0.195. The molecule has 0 saturated heterocycles. The summed E-state index contributed by atoms with van der Waals surface area (Å²) in [7, 11) is 1.73. The molecule has 0 aliphatic carbocycles. The van der Waals surface area contributed by atoms with Gasteiger partial charge in [-0.1, -0.05) is 44.2 Å². The summed E-state index contributed by atoms with van der Waals surface area (Å²) >= 11 is 0. The molecule has 112 valence electrons. The van der Waals surface area contributed by atoms with Crippen LogP contribution in [0, 0.1) is 6.92 Å². The molecule has 0 saturated carbocycles. The van der Waals surface area contributed by atoms with Gasteiger partial charge in [-0.3, -0.25) is 0 Å². The predicted octanol–water partition coefficient (Wildman–Crippen LogP) is 5.30. The smallest absolute Gasteiger partial charge is 0.124 e. The fourth-order valence-corrected chi connectivity index (χ4v) is 2.62. The van der Waals surface area contributed by atoms with E-state index in [1.54, 1.807) is 7.11 Å². The molecular weight excluding hydrogens is 258 g/mol. The van der Waals surface area contributed by atoms with Crippen molar-refractivity contribution in [3.63, 3.8) is 0 Å². The number of ether oxygens (including phenoxy) is 1. The first-order valence-electron chi connectivity index (χ1n) is 7.53. The predicted molar refractivity (Wildman–Crippen MR) is 90.3 cm³/mol. The van der Waals surface area contributed by atoms with Crippen molar-refractivity contribution < 1.29 is 4.74 Å². The summed E-state index contributed by atoms with van der Waals surface area (Å²) in [5.74, 6) is 1.44. The minimum Gasteiger partial charge on any atom is -0.496 e. The Hall–Kier alpha value is -1.96. The number of nitrogens with one attached hydrogen (secondary N) is 1. The molecule has 0 spiro atoms. The maximum atomic E-state index is 5.52. The average Bonchev–Trinajstić information content (AvgIpc) is 2.47. The van der Waals surface area contributed by atoms with Gasteiger partial charge in [-0.25, -0.2) is 0 Å². The third kappa shape index (κ3) is 3.57. The standard InChI is InChI=1S/C19H25NO/c1-13(2)16-8-6-7-9-18(16)20-15(4)17-11-10-14(3)12-19(17)21-5/h6-13,15,20H,1-5H3. The summed E-state index contributed by atoms with van der Waals surface area (Å²) in [6.07, 6.45) is 0. The van der Waals surface area contributed by atoms with Gasteiger partial charge < -0.3 is 10.1 Å². The SMILES string of the molecule is COc1cc(C)ccc1C(C)Nc1ccccc1C(C)C. The number of hydrogen-bond donors (Lipinski definition) is 1. The Morgan fingerprint density at radius 3 is 2.33 bits per heavy atom. The molecule has 0 fully saturated rings. The maximum Gasteiger partial charge on any atom is 0.124 e. The van der Waals surface area contributed by atoms with Gasteiger partial charge in [0.15, 0.2) is 0 Å². The second kappa shape index (κ2) is 6.66. The molecule has 2 nitrogen and oxygen atoms in total. The number of anilines is 1. The summed E-state index contributed by atoms with van der Waals surface area (Å²) in [5.41, 5.74) is 4.94. The highest BCUT2D eigenvalue weighted by molar-refractivity contribution is 5.55. The van der Waals surface area contributed by atoms with Gasteiger partial charge >= 0.3 is 0 Å². The lowest BCUT2D eigenvalue weighted by atomic mass is 9.99. The first-order chi connectivity index (χ1) is 10.0. The van der Waals surface area contributed by atoms with E-state index in [4.69, 9.17) is 4.74 Å². The van der Waals surface area contributed by atoms with Crippen LogP contribution in [0.4, 0.5) is 5.69 Å². The molecule has 2 aromatic rings. The molecule has 0 heterocycles. The average molecular weight is 283 g/mol. The lowest BCUT2D eigenvalue weighted by molar-refractivity contribution is 0.407. The van der Waals surface area contributed by atoms with Crippen LogP contribution < -0.4 is 10.1 Å². The quantitative estimate of drug-likeness (QED) is 0.804. The number of methoxy groups -OCH3 is 1. The lowest BCUT2D eigenvalue weighted by Gasteiger charge is -2.22. The fraction of sp³-hybridized carbons (Fsp3) is 0.368. The Bertz CT molecular complexity index is 604. The fourth-order valence-electron chi connectivity index (χ4n) is 2.62. The highest BCUT2D eigenvalue weighted by Crippen LogP contribution is 2.31. The monoisotopic (exact) mass is 283 g/mol. The van der Waals surface area contributed by atoms with Gasteiger partial charge in [0.1, 0.15) is 5.75 Å². The molecule has 2 rings (SSSR count). The van der Waals surface area contributed by atoms with Gasteiger partial charge in [0, 0.05) is 11.3 Å². The van der Waals surface area contributed by atoms with Crippen LogP contribution in [0.15, 0.2) is 42.5 Å². The van der Waals surface area contributed by atoms with E-state index < -0.39 is 0 Å². The second-order valence-electron chi connectivity index (χ2n) is 5.85. The van der Waals surface area contributed by atoms with Crippen LogP contribution in [0.2, 0.25) is 0 Å². The largest absolute Gasteiger partial charge is 0.496 e. The maximum absolute atomic E-state index is 5.52. The van der Waals surface area contributed by atoms with Crippen molar-refractivity contribution in [2.24, 2.45) is 0 Å². The Morgan fingerprint density at radius 1 is 0.952 bits per heavy atom. The van der Waals surface area contributed by atoms with E-state index >= 15 is 0 Å². The van der Waals surface area contributed by atoms with E-state index in [-0.39, 0.29) is 6.04 Å². The van der Waals surface area contributed by atoms with Gasteiger partial charge in [0.25, 0.3) is 0 Å². The van der Waals surface area contributed by atoms with Crippen LogP contribution in [0.3, 0.4) is 0 Å². The summed E-state index contributed by atoms with van der Waals surface area (Å²) in [5, 5.41) is 3.62. The molecule has 1 atom stereocenters. The summed E-state index contributed by atoms with van der Waals surface area (Å²) < 4.78 is 5.52. The zero-order valence-corrected chi connectivity index (χ0v) is 13.6. The number of rotatable bonds is 5. The summed E-state index contributed by atoms with van der Waals surface area (Å²) in [6.45, 7) is 8.69. The molecule has 2 aromatic carbocycles. The first-order valence-corrected chi connectivity index (χ1v) is 7.53. The van der Waals surface area contributed by atoms with Crippen molar-refractivity contribution in [2.75, 3.05) is 12.4 Å². The summed E-state index contributed by atoms with van der Waals surface area (Å²) in [6, 6.07) is 15.1. The molecule has 0 bridgehead atoms. The molecular formula is C19H25NO. The van der Waals surface area contributed by atoms with Gasteiger partial charge in [0.2, 0.25) is 0 Å². The van der Waals surface area contributed by atoms with Crippen LogP contribution in [0.25, 0.3) is 0 Å². The zero-order valence-electron chi connectivity index (χ0n) is 13.6. The topological polar surface area (TPSA) is 21.3 Å². The van der Waals surface area contributed by atoms with Crippen LogP contribution in [0.5, 0.6) is 5.75 Å². The number of para-hydroxylation sites is 1. The van der Waals surface area contributed by atoms with Crippen molar-refractivity contribution in [1.82, 2.24) is 0 Å². The van der Waals surface area contributed by atoms with E-state index in [1.165, 1.54) is 22.4 Å². The third-order valence-electron chi connectivity index (χ3n) is 3.81. The molecule has 1 unspecified atom stereocenters. The minimum absolute atomic E-state index is 0.195. The van der Waals surface area contributed by atoms with E-state index in [2.05, 4.69) is 75.5 Å². The van der Waals surface area contributed by atoms with Crippen molar-refractivity contribution in [2.45, 2.75) is 39.7 Å². The highest BCUT2D eigenvalue weighted by atomic mass is 16.5. The van der Waals surface area contributed by atoms with Crippen molar-refractivity contribution >= 4 is 5.69 Å². The van der Waals surface area contributed by atoms with Crippen molar-refractivity contribution in [3.05, 3.63) is 59.2 Å². The second-order valence-corrected chi connectivity index (χ2v) is 5.85. The normalized spacial score (nSPS) is 12.3. The van der Waals surface area contributed by atoms with Gasteiger partial charge in [-0.05, 0) is 43.0 Å². The molecule has 0 aliphatic rings. The molecule has 1 N–H and O–H groups in total. The highest BCUT2D eigenvalue weighted by Gasteiger charge is 2.13. The molecule has 0 aromatic heterocycles. The van der Waals surface area contributed by atoms with Gasteiger partial charge in [-0.15, -0.1) is 0 Å². The molecule has 2 heteroatoms. The van der Waals surface area contributed by atoms with Crippen molar-refractivity contribution in [3.8, 4) is 5.75 Å². The lowest BCUT2D eigenvalue weighted by Crippen LogP contribution is -2.10. The van der Waals surface area contributed by atoms with E-state index in [0.717, 1.165) is 5.75 Å². The van der Waals surface area contributed by atoms with E-state index in [1.807, 2.05) is 0 Å². The van der Waals surface area contributed by atoms with E-state index in [9.17, 15) is 0 Å². The molecule has 0 aliphatic heterocycles. The molecule has 0 amide bonds. The van der Waals surface area contributed by atoms with Crippen molar-refractivity contribution in [1.29, 1.82) is 0 Å². The Morgan fingerprint density at radius 2 is 1.67 bits per heavy atom. The van der Waals surface area contributed by atoms with Crippen LogP contribution in [-0.4, -0.2) is 7.11 Å². The zero-order chi connectivity index (χ0) is 15.4. The number of aryl methyl sites for hydroxylation is 1. The number of benzene rings is 2. The van der Waals surface area contributed by atoms with E-state index in [0.29, 0.717) is 5.92 Å². The Balaban J connectivity index is 2.28. The van der Waals surface area contributed by atoms with Crippen LogP contribution in [0.1, 0.15) is 49.4 Å². The third-order valence-corrected chi connectivity index (χ3v) is 3.81. The Labute approximate surface area is 128 Å². The molecule has 21 heavy (non-hydrogen) atoms. The van der Waals surface area contributed by atoms with Gasteiger partial charge in [0.05, 0.1) is 13.2 Å². The molecule has 0 radical (unpaired) electrons. The summed E-state index contributed by atoms with van der Waals surface area (Å²) in [4.78, 5) is 0. The van der Waals surface area contributed by atoms with Crippen LogP contribution >= 0.6 is 0 Å². The van der Waals surface area contributed by atoms with Crippen LogP contribution in [-0.2, 0) is 0 Å². The van der Waals surface area contributed by atoms with Gasteiger partial charge in [-0.2, -0.15) is 0 Å².